The highest BCUT2D eigenvalue weighted by molar-refractivity contribution is 6.11. The van der Waals surface area contributed by atoms with E-state index in [4.69, 9.17) is 4.42 Å². The van der Waals surface area contributed by atoms with Crippen LogP contribution in [0.15, 0.2) is 259 Å². The van der Waals surface area contributed by atoms with Gasteiger partial charge < -0.3 is 13.9 Å². The normalized spacial score (nSPS) is 11.6. The van der Waals surface area contributed by atoms with Gasteiger partial charge in [0.1, 0.15) is 11.2 Å². The minimum atomic E-state index is 0.899. The molecular formula is C64H42N2O. The third-order valence-corrected chi connectivity index (χ3v) is 13.4. The van der Waals surface area contributed by atoms with Crippen molar-refractivity contribution >= 4 is 71.6 Å². The Morgan fingerprint density at radius 2 is 0.806 bits per heavy atom. The quantitative estimate of drug-likeness (QED) is 0.152. The molecule has 0 unspecified atom stereocenters. The Bertz CT molecular complexity index is 3950. The molecule has 0 fully saturated rings. The van der Waals surface area contributed by atoms with Crippen LogP contribution in [0.3, 0.4) is 0 Å². The van der Waals surface area contributed by atoms with Crippen LogP contribution in [-0.4, -0.2) is 4.57 Å². The summed E-state index contributed by atoms with van der Waals surface area (Å²) in [6.07, 6.45) is 0. The summed E-state index contributed by atoms with van der Waals surface area (Å²) in [5, 5.41) is 7.21. The third kappa shape index (κ3) is 6.51. The van der Waals surface area contributed by atoms with Gasteiger partial charge >= 0.3 is 0 Å². The third-order valence-electron chi connectivity index (χ3n) is 13.4. The number of hydrogen-bond donors (Lipinski definition) is 0. The van der Waals surface area contributed by atoms with Crippen molar-refractivity contribution in [3.63, 3.8) is 0 Å². The highest BCUT2D eigenvalue weighted by Crippen LogP contribution is 2.44. The molecule has 0 aliphatic carbocycles. The van der Waals surface area contributed by atoms with Gasteiger partial charge in [-0.05, 0) is 105 Å². The van der Waals surface area contributed by atoms with E-state index in [-0.39, 0.29) is 0 Å². The number of nitrogens with zero attached hydrogens (tertiary/aromatic N) is 2. The van der Waals surface area contributed by atoms with Gasteiger partial charge in [-0.3, -0.25) is 0 Å². The van der Waals surface area contributed by atoms with Crippen LogP contribution in [0.4, 0.5) is 17.1 Å². The molecule has 0 N–H and O–H groups in total. The number of furan rings is 1. The van der Waals surface area contributed by atoms with E-state index in [9.17, 15) is 0 Å². The second-order valence-corrected chi connectivity index (χ2v) is 17.2. The zero-order chi connectivity index (χ0) is 44.3. The lowest BCUT2D eigenvalue weighted by molar-refractivity contribution is 0.670. The highest BCUT2D eigenvalue weighted by atomic mass is 16.3. The summed E-state index contributed by atoms with van der Waals surface area (Å²) in [6.45, 7) is 0. The molecule has 13 rings (SSSR count). The molecule has 0 aliphatic heterocycles. The van der Waals surface area contributed by atoms with E-state index < -0.39 is 0 Å². The number of hydrogen-bond acceptors (Lipinski definition) is 2. The Morgan fingerprint density at radius 3 is 1.55 bits per heavy atom. The Morgan fingerprint density at radius 1 is 0.299 bits per heavy atom. The average Bonchev–Trinajstić information content (AvgIpc) is 3.95. The predicted octanol–water partition coefficient (Wildman–Crippen LogP) is 18.0. The summed E-state index contributed by atoms with van der Waals surface area (Å²) in [6, 6.07) is 92.0. The largest absolute Gasteiger partial charge is 0.455 e. The van der Waals surface area contributed by atoms with Crippen molar-refractivity contribution in [3.8, 4) is 50.2 Å². The monoisotopic (exact) mass is 854 g/mol. The van der Waals surface area contributed by atoms with E-state index >= 15 is 0 Å². The molecular weight excluding hydrogens is 813 g/mol. The predicted molar refractivity (Wildman–Crippen MR) is 282 cm³/mol. The fraction of sp³-hybridized carbons (Fsp3) is 0. The molecule has 67 heavy (non-hydrogen) atoms. The van der Waals surface area contributed by atoms with E-state index in [1.807, 2.05) is 12.1 Å². The lowest BCUT2D eigenvalue weighted by atomic mass is 9.93. The van der Waals surface area contributed by atoms with Gasteiger partial charge in [0.25, 0.3) is 0 Å². The van der Waals surface area contributed by atoms with Crippen LogP contribution in [0.1, 0.15) is 0 Å². The average molecular weight is 855 g/mol. The van der Waals surface area contributed by atoms with Gasteiger partial charge in [-0.15, -0.1) is 0 Å². The minimum Gasteiger partial charge on any atom is -0.455 e. The van der Waals surface area contributed by atoms with Crippen molar-refractivity contribution in [2.45, 2.75) is 0 Å². The SMILES string of the molecule is c1cc(-c2ccccc2-c2ccccc2-n2c3ccccc3c3ccccc32)cc(N(c2ccc(-c3cccc4c3oc3ccccc34)cc2)c2cccc(-c3cccc4ccccc34)c2)c1. The molecule has 0 spiro atoms. The van der Waals surface area contributed by atoms with Crippen molar-refractivity contribution in [1.82, 2.24) is 4.57 Å². The number of rotatable bonds is 8. The molecule has 13 aromatic rings. The topological polar surface area (TPSA) is 21.3 Å². The van der Waals surface area contributed by atoms with Gasteiger partial charge in [0, 0.05) is 49.7 Å². The van der Waals surface area contributed by atoms with E-state index in [1.54, 1.807) is 0 Å². The number of anilines is 3. The fourth-order valence-electron chi connectivity index (χ4n) is 10.4. The van der Waals surface area contributed by atoms with Gasteiger partial charge in [0.2, 0.25) is 0 Å². The fourth-order valence-corrected chi connectivity index (χ4v) is 10.4. The number of para-hydroxylation sites is 5. The zero-order valence-corrected chi connectivity index (χ0v) is 36.6. The van der Waals surface area contributed by atoms with Gasteiger partial charge in [0.05, 0.1) is 16.7 Å². The van der Waals surface area contributed by atoms with Crippen molar-refractivity contribution in [2.75, 3.05) is 4.90 Å². The molecule has 2 heterocycles. The summed E-state index contributed by atoms with van der Waals surface area (Å²) >= 11 is 0. The molecule has 3 heteroatoms. The molecule has 314 valence electrons. The number of aromatic nitrogens is 1. The highest BCUT2D eigenvalue weighted by Gasteiger charge is 2.20. The van der Waals surface area contributed by atoms with Crippen molar-refractivity contribution in [3.05, 3.63) is 255 Å². The summed E-state index contributed by atoms with van der Waals surface area (Å²) in [5.74, 6) is 0. The maximum absolute atomic E-state index is 6.49. The molecule has 0 saturated carbocycles. The summed E-state index contributed by atoms with van der Waals surface area (Å²) in [4.78, 5) is 2.39. The number of benzene rings is 11. The van der Waals surface area contributed by atoms with Gasteiger partial charge in [-0.25, -0.2) is 0 Å². The van der Waals surface area contributed by atoms with Gasteiger partial charge in [-0.2, -0.15) is 0 Å². The Balaban J connectivity index is 0.960. The van der Waals surface area contributed by atoms with Gasteiger partial charge in [-0.1, -0.05) is 194 Å². The van der Waals surface area contributed by atoms with E-state index in [0.29, 0.717) is 0 Å². The van der Waals surface area contributed by atoms with Crippen LogP contribution in [0.5, 0.6) is 0 Å². The standard InChI is InChI=1S/C64H42N2O/c1-2-23-50-43(17-1)18-15-30-51(50)45-19-13-21-48(41-45)65(47-39-37-44(38-40-47)53-31-16-32-59-58-29-8-12-36-63(58)67-64(53)59)49-22-14-20-46(42-49)52-24-3-4-25-54(52)55-26-5-9-33-60(55)66-61-34-10-6-27-56(61)57-28-7-11-35-62(57)66/h1-42H. The smallest absolute Gasteiger partial charge is 0.143 e. The first-order chi connectivity index (χ1) is 33.2. The first-order valence-electron chi connectivity index (χ1n) is 22.9. The first-order valence-corrected chi connectivity index (χ1v) is 22.9. The van der Waals surface area contributed by atoms with Crippen LogP contribution in [0.25, 0.3) is 105 Å². The minimum absolute atomic E-state index is 0.899. The van der Waals surface area contributed by atoms with E-state index in [1.165, 1.54) is 49.3 Å². The van der Waals surface area contributed by atoms with Crippen LogP contribution in [0, 0.1) is 0 Å². The van der Waals surface area contributed by atoms with Crippen LogP contribution in [0.2, 0.25) is 0 Å². The van der Waals surface area contributed by atoms with E-state index in [2.05, 4.69) is 252 Å². The zero-order valence-electron chi connectivity index (χ0n) is 36.6. The summed E-state index contributed by atoms with van der Waals surface area (Å²) < 4.78 is 8.92. The molecule has 0 amide bonds. The van der Waals surface area contributed by atoms with Crippen LogP contribution in [-0.2, 0) is 0 Å². The molecule has 0 saturated heterocycles. The van der Waals surface area contributed by atoms with Gasteiger partial charge in [0.15, 0.2) is 0 Å². The number of fused-ring (bicyclic) bond motifs is 7. The Hall–Kier alpha value is -8.92. The molecule has 0 aliphatic rings. The molecule has 2 aromatic heterocycles. The van der Waals surface area contributed by atoms with Crippen LogP contribution >= 0.6 is 0 Å². The Labute approximate surface area is 388 Å². The Kier molecular flexibility index (Phi) is 9.17. The van der Waals surface area contributed by atoms with Crippen molar-refractivity contribution < 1.29 is 4.42 Å². The van der Waals surface area contributed by atoms with Crippen molar-refractivity contribution in [2.24, 2.45) is 0 Å². The summed E-state index contributed by atoms with van der Waals surface area (Å²) in [5.41, 5.74) is 17.7. The molecule has 11 aromatic carbocycles. The second-order valence-electron chi connectivity index (χ2n) is 17.2. The lowest BCUT2D eigenvalue weighted by Crippen LogP contribution is -2.10. The van der Waals surface area contributed by atoms with E-state index in [0.717, 1.165) is 72.5 Å². The lowest BCUT2D eigenvalue weighted by Gasteiger charge is -2.27. The molecule has 0 radical (unpaired) electrons. The molecule has 0 bridgehead atoms. The molecule has 0 atom stereocenters. The summed E-state index contributed by atoms with van der Waals surface area (Å²) in [7, 11) is 0. The van der Waals surface area contributed by atoms with Crippen molar-refractivity contribution in [1.29, 1.82) is 0 Å². The maximum atomic E-state index is 6.49. The van der Waals surface area contributed by atoms with Crippen LogP contribution < -0.4 is 4.90 Å². The second kappa shape index (κ2) is 16.0. The first kappa shape index (κ1) is 38.5. The molecule has 3 nitrogen and oxygen atoms in total. The maximum Gasteiger partial charge on any atom is 0.143 e.